The van der Waals surface area contributed by atoms with Crippen LogP contribution in [0.3, 0.4) is 0 Å². The lowest BCUT2D eigenvalue weighted by Gasteiger charge is -2.32. The highest BCUT2D eigenvalue weighted by molar-refractivity contribution is 7.45. The SMILES string of the molecule is CCCCN.CCCCNC(=O)CN1CCN(CC(=O)O)CCN(CC(=O)O)CCN(CC(=O)O)CC1.N=S.O=C(O)CN1CCN(CC(=O)O)CCN(CC(=O)O)CCN(CC(=O)O)CC1.O=C(O)CN1CCN(CC(=O)O)CCN(CC(=O)ON2C(=O)CCC2=O)CCN(CC(=O)O)CC1.O=C(O)CN1CCN(CC(=O)O)CCN(CC(=O)ON2C(=O)CCC2=O)CCN(CC(=O)O)CC1.O=C1CCC(=O)N1O. The van der Waals surface area contributed by atoms with E-state index in [1.165, 1.54) is 12.8 Å². The van der Waals surface area contributed by atoms with Gasteiger partial charge < -0.3 is 87.1 Å². The highest BCUT2D eigenvalue weighted by atomic mass is 32.1. The molecule has 145 heavy (non-hydrogen) atoms. The topological polar surface area (TPSA) is 801 Å². The molecule has 0 radical (unpaired) electrons. The Bertz CT molecular complexity index is 3770. The third-order valence-corrected chi connectivity index (χ3v) is 22.3. The summed E-state index contributed by atoms with van der Waals surface area (Å²) in [4.78, 5) is 286. The molecular weight excluding hydrogens is 1960 g/mol. The molecule has 0 aromatic heterocycles. The summed E-state index contributed by atoms with van der Waals surface area (Å²) < 4.78 is 5.33. The van der Waals surface area contributed by atoms with E-state index in [9.17, 15) is 151 Å². The highest BCUT2D eigenvalue weighted by Gasteiger charge is 2.37. The van der Waals surface area contributed by atoms with Crippen molar-refractivity contribution < 1.29 is 187 Å². The minimum atomic E-state index is -1.06. The van der Waals surface area contributed by atoms with Gasteiger partial charge >= 0.3 is 89.5 Å². The molecule has 7 rings (SSSR count). The van der Waals surface area contributed by atoms with Crippen LogP contribution in [0.1, 0.15) is 78.1 Å². The Morgan fingerprint density at radius 2 is 0.386 bits per heavy atom. The Balaban J connectivity index is 0.000000921. The molecular formula is C84H144N22O38S. The molecule has 7 saturated heterocycles. The van der Waals surface area contributed by atoms with Gasteiger partial charge in [-0.3, -0.25) is 179 Å². The minimum Gasteiger partial charge on any atom is -0.480 e. The number of carbonyl (C=O) groups is 22. The van der Waals surface area contributed by atoms with Crippen LogP contribution in [0.4, 0.5) is 0 Å². The molecule has 0 bridgehead atoms. The smallest absolute Gasteiger partial charge is 0.347 e. The first-order valence-corrected chi connectivity index (χ1v) is 47.2. The number of carboxylic acid groups (broad SMARTS) is 13. The minimum absolute atomic E-state index is 0.0387. The molecule has 0 atom stereocenters. The second-order valence-corrected chi connectivity index (χ2v) is 34.1. The predicted octanol–water partition coefficient (Wildman–Crippen LogP) is -9.37. The average Bonchev–Trinajstić information content (AvgIpc) is 1.71. The number of hydroxylamine groups is 6. The Morgan fingerprint density at radius 1 is 0.248 bits per heavy atom. The molecule has 0 saturated carbocycles. The first kappa shape index (κ1) is 131. The zero-order valence-electron chi connectivity index (χ0n) is 82.0. The molecule has 0 aromatic rings. The number of aliphatic carboxylic acids is 13. The Hall–Kier alpha value is -11.8. The highest BCUT2D eigenvalue weighted by Crippen LogP contribution is 2.16. The fraction of sp³-hybridized carbons (Fsp3) is 0.738. The van der Waals surface area contributed by atoms with Gasteiger partial charge in [0, 0.05) is 267 Å². The van der Waals surface area contributed by atoms with E-state index in [-0.39, 0.29) is 259 Å². The second-order valence-electron chi connectivity index (χ2n) is 34.1. The van der Waals surface area contributed by atoms with Crippen molar-refractivity contribution in [1.29, 1.82) is 4.78 Å². The first-order chi connectivity index (χ1) is 68.5. The van der Waals surface area contributed by atoms with Crippen molar-refractivity contribution in [3.8, 4) is 0 Å². The summed E-state index contributed by atoms with van der Waals surface area (Å²) in [5.41, 5.74) is 5.14. The third-order valence-electron chi connectivity index (χ3n) is 22.3. The van der Waals surface area contributed by atoms with Crippen molar-refractivity contribution in [3.05, 3.63) is 0 Å². The van der Waals surface area contributed by atoms with Crippen molar-refractivity contribution >= 4 is 143 Å². The van der Waals surface area contributed by atoms with E-state index >= 15 is 0 Å². The monoisotopic (exact) mass is 2100 g/mol. The molecule has 7 fully saturated rings. The Labute approximate surface area is 841 Å². The van der Waals surface area contributed by atoms with Crippen LogP contribution in [0.5, 0.6) is 0 Å². The number of amides is 7. The standard InChI is InChI=1S/2C20H31N5O10.C20H37N5O7.C16H28N4O8.C4H5NO3.C4H11N.HNS/c2*26-15-1-2-16(27)25(15)35-20(34)14-24-9-7-22(12-18(30)31)5-3-21(11-17(28)29)4-6-23(8-10-24)13-19(32)33;1-2-3-4-21-17(26)13-22-5-7-23(14-18(27)28)9-11-25(16-20(31)32)12-10-24(8-6-22)15-19(29)30;21-13(22)9-17-1-2-18(10-14(23)24)5-6-20(12-16(27)28)8-7-19(4-3-17)11-15(25)26;6-3-1-2-4(7)5(3)8;1-2-3-4-5;1-2/h2*1-14H2,(H,28,29)(H,30,31)(H,32,33);2-16H2,1H3,(H,21,26)(H,27,28)(H,29,30)(H,31,32);1-12H2,(H,21,22)(H,23,24)(H,25,26)(H,27,28);8H,1-2H2;2-5H2,1H3;1H. The number of hydrogen-bond donors (Lipinski definition) is 17. The molecule has 60 nitrogen and oxygen atoms in total. The fourth-order valence-corrected chi connectivity index (χ4v) is 14.7. The van der Waals surface area contributed by atoms with Crippen LogP contribution in [-0.4, -0.2) is 623 Å². The van der Waals surface area contributed by atoms with E-state index < -0.39 is 125 Å². The zero-order chi connectivity index (χ0) is 109. The van der Waals surface area contributed by atoms with Crippen molar-refractivity contribution in [2.24, 2.45) is 5.73 Å². The molecule has 7 aliphatic heterocycles. The van der Waals surface area contributed by atoms with Crippen molar-refractivity contribution in [2.75, 3.05) is 327 Å². The van der Waals surface area contributed by atoms with Gasteiger partial charge in [-0.05, 0) is 19.4 Å². The summed E-state index contributed by atoms with van der Waals surface area (Å²) in [6.45, 7) is 11.2. The lowest BCUT2D eigenvalue weighted by Crippen LogP contribution is -2.49. The molecule has 0 aliphatic carbocycles. The predicted molar refractivity (Wildman–Crippen MR) is 502 cm³/mol. The van der Waals surface area contributed by atoms with Gasteiger partial charge in [-0.15, -0.1) is 10.1 Å². The summed E-state index contributed by atoms with van der Waals surface area (Å²) in [5, 5.41) is 132. The molecule has 0 spiro atoms. The lowest BCUT2D eigenvalue weighted by atomic mass is 10.3. The normalized spacial score (nSPS) is 19.0. The molecule has 7 heterocycles. The maximum atomic E-state index is 12.4. The van der Waals surface area contributed by atoms with Crippen LogP contribution in [0.15, 0.2) is 0 Å². The molecule has 7 amide bonds. The molecule has 824 valence electrons. The second kappa shape index (κ2) is 75.0. The fourth-order valence-electron chi connectivity index (χ4n) is 14.7. The van der Waals surface area contributed by atoms with Crippen LogP contribution < -0.4 is 11.1 Å². The summed E-state index contributed by atoms with van der Waals surface area (Å²) in [7, 11) is 0. The maximum Gasteiger partial charge on any atom is 0.347 e. The molecule has 7 aliphatic rings. The van der Waals surface area contributed by atoms with Crippen molar-refractivity contribution in [1.82, 2.24) is 98.9 Å². The van der Waals surface area contributed by atoms with Gasteiger partial charge in [-0.25, -0.2) is 14.4 Å². The van der Waals surface area contributed by atoms with E-state index in [2.05, 4.69) is 24.7 Å². The summed E-state index contributed by atoms with van der Waals surface area (Å²) in [6, 6.07) is 0. The molecule has 61 heteroatoms. The number of carbonyl (C=O) groups excluding carboxylic acids is 9. The molecule has 0 unspecified atom stereocenters. The van der Waals surface area contributed by atoms with Crippen LogP contribution in [0.25, 0.3) is 0 Å². The first-order valence-electron chi connectivity index (χ1n) is 46.8. The lowest BCUT2D eigenvalue weighted by molar-refractivity contribution is -0.198. The number of nitrogens with two attached hydrogens (primary N) is 1. The summed E-state index contributed by atoms with van der Waals surface area (Å²) in [6.07, 6.45) is 4.38. The molecule has 0 aromatic carbocycles. The van der Waals surface area contributed by atoms with E-state index in [4.69, 9.17) is 45.8 Å². The maximum absolute atomic E-state index is 12.4. The third kappa shape index (κ3) is 64.7. The van der Waals surface area contributed by atoms with Crippen molar-refractivity contribution in [2.45, 2.75) is 78.1 Å². The number of nitrogens with zero attached hydrogens (tertiary/aromatic N) is 19. The number of unbranched alkanes of at least 4 members (excludes halogenated alkanes) is 2. The van der Waals surface area contributed by atoms with Gasteiger partial charge in [0.15, 0.2) is 0 Å². The van der Waals surface area contributed by atoms with E-state index in [0.717, 1.165) is 19.4 Å². The van der Waals surface area contributed by atoms with E-state index in [1.807, 2.05) is 11.8 Å². The summed E-state index contributed by atoms with van der Waals surface area (Å²) >= 11 is 3.33. The van der Waals surface area contributed by atoms with Gasteiger partial charge in [0.25, 0.3) is 35.4 Å². The van der Waals surface area contributed by atoms with E-state index in [0.29, 0.717) is 121 Å². The Kier molecular flexibility index (Phi) is 67.9. The quantitative estimate of drug-likeness (QED) is 0.0154. The van der Waals surface area contributed by atoms with Crippen LogP contribution >= 0.6 is 0 Å². The van der Waals surface area contributed by atoms with Gasteiger partial charge in [0.05, 0.1) is 105 Å². The van der Waals surface area contributed by atoms with Gasteiger partial charge in [-0.1, -0.05) is 26.7 Å². The number of hydrogen-bond acceptors (Lipinski definition) is 44. The molecule has 18 N–H and O–H groups in total. The van der Waals surface area contributed by atoms with Gasteiger partial charge in [0.2, 0.25) is 5.91 Å². The summed E-state index contributed by atoms with van der Waals surface area (Å²) in [5.74, 6) is -18.6. The largest absolute Gasteiger partial charge is 0.480 e. The van der Waals surface area contributed by atoms with Crippen LogP contribution in [-0.2, 0) is 128 Å². The number of rotatable bonds is 39. The van der Waals surface area contributed by atoms with Gasteiger partial charge in [0.1, 0.15) is 0 Å². The van der Waals surface area contributed by atoms with Crippen LogP contribution in [0, 0.1) is 4.78 Å². The number of imide groups is 3. The average molecular weight is 2100 g/mol. The van der Waals surface area contributed by atoms with Crippen molar-refractivity contribution in [3.63, 3.8) is 0 Å². The number of carboxylic acids is 13. The Morgan fingerprint density at radius 3 is 0.503 bits per heavy atom. The zero-order valence-corrected chi connectivity index (χ0v) is 82.8. The van der Waals surface area contributed by atoms with E-state index in [1.54, 1.807) is 73.5 Å². The van der Waals surface area contributed by atoms with Crippen LogP contribution in [0.2, 0.25) is 0 Å². The van der Waals surface area contributed by atoms with Gasteiger partial charge in [-0.2, -0.15) is 5.06 Å². The number of nitrogens with one attached hydrogen (secondary N) is 2.